The number of benzene rings is 3. The normalized spacial score (nSPS) is 12.6. The van der Waals surface area contributed by atoms with Crippen molar-refractivity contribution in [3.05, 3.63) is 81.9 Å². The summed E-state index contributed by atoms with van der Waals surface area (Å²) in [6, 6.07) is 19.2. The fraction of sp³-hybridized carbons (Fsp3) is 0.158. The summed E-state index contributed by atoms with van der Waals surface area (Å²) in [5.41, 5.74) is 4.93. The molecule has 0 saturated heterocycles. The van der Waals surface area contributed by atoms with Gasteiger partial charge in [-0.25, -0.2) is 0 Å². The third-order valence-electron chi connectivity index (χ3n) is 3.92. The van der Waals surface area contributed by atoms with Gasteiger partial charge in [-0.2, -0.15) is 0 Å². The van der Waals surface area contributed by atoms with E-state index in [4.69, 9.17) is 11.6 Å². The molecule has 3 rings (SSSR count). The molecule has 0 fully saturated rings. The molecular formula is C19H16BrCl. The quantitative estimate of drug-likeness (QED) is 0.452. The maximum Gasteiger partial charge on any atom is 0.0650 e. The van der Waals surface area contributed by atoms with E-state index in [1.165, 1.54) is 27.5 Å². The van der Waals surface area contributed by atoms with E-state index in [0.29, 0.717) is 0 Å². The maximum absolute atomic E-state index is 6.13. The second kappa shape index (κ2) is 5.82. The van der Waals surface area contributed by atoms with Gasteiger partial charge in [0.1, 0.15) is 0 Å². The minimum Gasteiger partial charge on any atom is -0.0841 e. The van der Waals surface area contributed by atoms with E-state index in [0.717, 1.165) is 10.6 Å². The van der Waals surface area contributed by atoms with Crippen molar-refractivity contribution in [3.63, 3.8) is 0 Å². The first-order valence-electron chi connectivity index (χ1n) is 6.96. The van der Waals surface area contributed by atoms with Gasteiger partial charge in [0.05, 0.1) is 4.83 Å². The fourth-order valence-corrected chi connectivity index (χ4v) is 3.50. The Bertz CT molecular complexity index is 808. The molecule has 0 heterocycles. The molecule has 0 bridgehead atoms. The molecule has 1 unspecified atom stereocenters. The largest absolute Gasteiger partial charge is 0.0841 e. The van der Waals surface area contributed by atoms with Crippen LogP contribution in [-0.2, 0) is 0 Å². The highest BCUT2D eigenvalue weighted by Crippen LogP contribution is 2.37. The Morgan fingerprint density at radius 1 is 0.857 bits per heavy atom. The van der Waals surface area contributed by atoms with Crippen molar-refractivity contribution in [3.8, 4) is 0 Å². The van der Waals surface area contributed by atoms with Gasteiger partial charge in [0.2, 0.25) is 0 Å². The Kier molecular flexibility index (Phi) is 4.05. The summed E-state index contributed by atoms with van der Waals surface area (Å²) in [5.74, 6) is 0. The van der Waals surface area contributed by atoms with Gasteiger partial charge in [-0.15, -0.1) is 0 Å². The standard InChI is InChI=1S/C19H16BrCl/c1-12-7-9-17(16-6-4-3-5-15(12)16)19(20)14-8-10-18(21)13(2)11-14/h3-11,19H,1-2H3. The van der Waals surface area contributed by atoms with Crippen molar-refractivity contribution in [2.45, 2.75) is 18.7 Å². The summed E-state index contributed by atoms with van der Waals surface area (Å²) in [6.45, 7) is 4.20. The van der Waals surface area contributed by atoms with Crippen LogP contribution in [0.5, 0.6) is 0 Å². The van der Waals surface area contributed by atoms with Crippen molar-refractivity contribution in [1.82, 2.24) is 0 Å². The molecule has 21 heavy (non-hydrogen) atoms. The molecule has 0 radical (unpaired) electrons. The van der Waals surface area contributed by atoms with Crippen LogP contribution in [0.2, 0.25) is 5.02 Å². The van der Waals surface area contributed by atoms with Gasteiger partial charge in [-0.1, -0.05) is 76.1 Å². The van der Waals surface area contributed by atoms with Crippen molar-refractivity contribution in [2.75, 3.05) is 0 Å². The minimum atomic E-state index is 0.166. The molecule has 0 aliphatic heterocycles. The van der Waals surface area contributed by atoms with Crippen LogP contribution in [0.4, 0.5) is 0 Å². The first-order valence-corrected chi connectivity index (χ1v) is 8.25. The molecule has 0 aromatic heterocycles. The molecule has 0 spiro atoms. The Morgan fingerprint density at radius 2 is 1.57 bits per heavy atom. The summed E-state index contributed by atoms with van der Waals surface area (Å²) in [7, 11) is 0. The third kappa shape index (κ3) is 2.73. The number of fused-ring (bicyclic) bond motifs is 1. The van der Waals surface area contributed by atoms with E-state index in [9.17, 15) is 0 Å². The molecule has 0 aliphatic carbocycles. The van der Waals surface area contributed by atoms with Gasteiger partial charge in [0, 0.05) is 5.02 Å². The Balaban J connectivity index is 2.15. The molecule has 1 atom stereocenters. The van der Waals surface area contributed by atoms with Gasteiger partial charge >= 0.3 is 0 Å². The van der Waals surface area contributed by atoms with Crippen LogP contribution in [0, 0.1) is 13.8 Å². The highest BCUT2D eigenvalue weighted by molar-refractivity contribution is 9.09. The monoisotopic (exact) mass is 358 g/mol. The lowest BCUT2D eigenvalue weighted by Gasteiger charge is -2.16. The van der Waals surface area contributed by atoms with Gasteiger partial charge in [-0.3, -0.25) is 0 Å². The van der Waals surface area contributed by atoms with Crippen LogP contribution < -0.4 is 0 Å². The molecule has 0 nitrogen and oxygen atoms in total. The second-order valence-electron chi connectivity index (χ2n) is 5.39. The fourth-order valence-electron chi connectivity index (χ4n) is 2.70. The summed E-state index contributed by atoms with van der Waals surface area (Å²) in [5, 5.41) is 3.42. The number of halogens is 2. The van der Waals surface area contributed by atoms with Crippen molar-refractivity contribution < 1.29 is 0 Å². The van der Waals surface area contributed by atoms with Crippen molar-refractivity contribution in [1.29, 1.82) is 0 Å². The van der Waals surface area contributed by atoms with Crippen molar-refractivity contribution in [2.24, 2.45) is 0 Å². The number of aryl methyl sites for hydroxylation is 2. The van der Waals surface area contributed by atoms with E-state index < -0.39 is 0 Å². The Hall–Kier alpha value is -1.31. The average molecular weight is 360 g/mol. The number of hydrogen-bond donors (Lipinski definition) is 0. The summed E-state index contributed by atoms with van der Waals surface area (Å²) in [6.07, 6.45) is 0. The topological polar surface area (TPSA) is 0 Å². The van der Waals surface area contributed by atoms with Crippen LogP contribution in [0.3, 0.4) is 0 Å². The molecule has 106 valence electrons. The molecular weight excluding hydrogens is 344 g/mol. The lowest BCUT2D eigenvalue weighted by molar-refractivity contribution is 1.18. The van der Waals surface area contributed by atoms with Crippen LogP contribution in [0.25, 0.3) is 10.8 Å². The number of hydrogen-bond acceptors (Lipinski definition) is 0. The summed E-state index contributed by atoms with van der Waals surface area (Å²) in [4.78, 5) is 0.166. The Labute approximate surface area is 138 Å². The molecule has 3 aromatic rings. The first kappa shape index (κ1) is 14.6. The second-order valence-corrected chi connectivity index (χ2v) is 6.71. The lowest BCUT2D eigenvalue weighted by atomic mass is 9.95. The molecule has 3 aromatic carbocycles. The smallest absolute Gasteiger partial charge is 0.0650 e. The first-order chi connectivity index (χ1) is 10.1. The Morgan fingerprint density at radius 3 is 2.29 bits per heavy atom. The van der Waals surface area contributed by atoms with Crippen LogP contribution in [0.1, 0.15) is 27.1 Å². The van der Waals surface area contributed by atoms with E-state index in [1.807, 2.05) is 13.0 Å². The third-order valence-corrected chi connectivity index (χ3v) is 5.37. The molecule has 0 aliphatic rings. The maximum atomic E-state index is 6.13. The van der Waals surface area contributed by atoms with Crippen molar-refractivity contribution >= 4 is 38.3 Å². The SMILES string of the molecule is Cc1cc(C(Br)c2ccc(C)c3ccccc23)ccc1Cl. The van der Waals surface area contributed by atoms with E-state index in [1.54, 1.807) is 0 Å². The van der Waals surface area contributed by atoms with Crippen LogP contribution >= 0.6 is 27.5 Å². The zero-order chi connectivity index (χ0) is 15.0. The van der Waals surface area contributed by atoms with E-state index >= 15 is 0 Å². The minimum absolute atomic E-state index is 0.166. The highest BCUT2D eigenvalue weighted by atomic mass is 79.9. The van der Waals surface area contributed by atoms with Crippen LogP contribution in [0.15, 0.2) is 54.6 Å². The van der Waals surface area contributed by atoms with Gasteiger partial charge < -0.3 is 0 Å². The van der Waals surface area contributed by atoms with Gasteiger partial charge in [0.25, 0.3) is 0 Å². The van der Waals surface area contributed by atoms with Gasteiger partial charge in [-0.05, 0) is 52.9 Å². The highest BCUT2D eigenvalue weighted by Gasteiger charge is 2.14. The number of rotatable bonds is 2. The van der Waals surface area contributed by atoms with Gasteiger partial charge in [0.15, 0.2) is 0 Å². The number of alkyl halides is 1. The molecule has 0 amide bonds. The van der Waals surface area contributed by atoms with E-state index in [2.05, 4.69) is 71.4 Å². The predicted octanol–water partition coefficient (Wildman–Crippen LogP) is 6.59. The molecule has 0 N–H and O–H groups in total. The molecule has 2 heteroatoms. The van der Waals surface area contributed by atoms with Crippen LogP contribution in [-0.4, -0.2) is 0 Å². The summed E-state index contributed by atoms with van der Waals surface area (Å²) >= 11 is 9.99. The summed E-state index contributed by atoms with van der Waals surface area (Å²) < 4.78 is 0. The lowest BCUT2D eigenvalue weighted by Crippen LogP contribution is -1.96. The average Bonchev–Trinajstić information content (AvgIpc) is 2.50. The van der Waals surface area contributed by atoms with E-state index in [-0.39, 0.29) is 4.83 Å². The molecule has 0 saturated carbocycles. The zero-order valence-corrected chi connectivity index (χ0v) is 14.4. The zero-order valence-electron chi connectivity index (χ0n) is 12.0. The predicted molar refractivity (Wildman–Crippen MR) is 95.6 cm³/mol.